The van der Waals surface area contributed by atoms with Crippen LogP contribution in [0.1, 0.15) is 5.56 Å². The van der Waals surface area contributed by atoms with Gasteiger partial charge in [0.15, 0.2) is 5.71 Å². The van der Waals surface area contributed by atoms with Gasteiger partial charge < -0.3 is 16.7 Å². The van der Waals surface area contributed by atoms with Crippen LogP contribution in [-0.2, 0) is 4.79 Å². The molecule has 1 aromatic carbocycles. The fourth-order valence-electron chi connectivity index (χ4n) is 0.953. The number of hydrazone groups is 1. The molecule has 0 aliphatic heterocycles. The van der Waals surface area contributed by atoms with E-state index in [1.807, 2.05) is 0 Å². The molecule has 0 aliphatic carbocycles. The maximum absolute atomic E-state index is 10.6. The highest BCUT2D eigenvalue weighted by atomic mass is 16.4. The number of para-hydroxylation sites is 1. The fraction of sp³-hybridized carbons (Fsp3) is 0. The van der Waals surface area contributed by atoms with Crippen molar-refractivity contribution in [2.45, 2.75) is 0 Å². The summed E-state index contributed by atoms with van der Waals surface area (Å²) in [5.41, 5.74) is 5.97. The highest BCUT2D eigenvalue weighted by molar-refractivity contribution is 6.43. The number of anilines is 1. The number of nitrogens with two attached hydrogens (primary N) is 2. The van der Waals surface area contributed by atoms with Gasteiger partial charge in [-0.3, -0.25) is 0 Å². The molecule has 0 heterocycles. The third-order valence-electron chi connectivity index (χ3n) is 1.55. The van der Waals surface area contributed by atoms with Gasteiger partial charge in [0, 0.05) is 11.3 Å². The third-order valence-corrected chi connectivity index (χ3v) is 1.55. The van der Waals surface area contributed by atoms with Crippen molar-refractivity contribution in [1.82, 2.24) is 0 Å². The van der Waals surface area contributed by atoms with Crippen LogP contribution in [0.2, 0.25) is 0 Å². The molecule has 0 saturated heterocycles. The lowest BCUT2D eigenvalue weighted by Gasteiger charge is -2.02. The summed E-state index contributed by atoms with van der Waals surface area (Å²) in [4.78, 5) is 10.6. The normalized spacial score (nSPS) is 11.2. The van der Waals surface area contributed by atoms with Crippen molar-refractivity contribution in [1.29, 1.82) is 0 Å². The summed E-state index contributed by atoms with van der Waals surface area (Å²) < 4.78 is 0. The van der Waals surface area contributed by atoms with Crippen molar-refractivity contribution in [3.05, 3.63) is 29.8 Å². The standard InChI is InChI=1S/C8H9N3O2/c9-6-4-2-1-3-5(6)7(11-10)8(12)13/h1-4H,9-10H2,(H,12,13). The number of benzene rings is 1. The molecule has 0 saturated carbocycles. The number of hydrogen-bond acceptors (Lipinski definition) is 4. The zero-order valence-electron chi connectivity index (χ0n) is 6.77. The van der Waals surface area contributed by atoms with E-state index in [1.54, 1.807) is 24.3 Å². The minimum absolute atomic E-state index is 0.238. The van der Waals surface area contributed by atoms with Crippen LogP contribution < -0.4 is 11.6 Å². The van der Waals surface area contributed by atoms with Crippen LogP contribution in [0.25, 0.3) is 0 Å². The highest BCUT2D eigenvalue weighted by Gasteiger charge is 2.13. The number of aliphatic carboxylic acids is 1. The molecule has 5 heteroatoms. The smallest absolute Gasteiger partial charge is 0.357 e. The summed E-state index contributed by atoms with van der Waals surface area (Å²) in [7, 11) is 0. The second-order valence-electron chi connectivity index (χ2n) is 2.37. The van der Waals surface area contributed by atoms with Crippen LogP contribution in [0, 0.1) is 0 Å². The van der Waals surface area contributed by atoms with Crippen molar-refractivity contribution in [2.24, 2.45) is 10.9 Å². The number of nitrogens with zero attached hydrogens (tertiary/aromatic N) is 1. The summed E-state index contributed by atoms with van der Waals surface area (Å²) in [6.45, 7) is 0. The molecule has 0 fully saturated rings. The van der Waals surface area contributed by atoms with Crippen LogP contribution in [-0.4, -0.2) is 16.8 Å². The van der Waals surface area contributed by atoms with Crippen LogP contribution in [0.15, 0.2) is 29.4 Å². The number of rotatable bonds is 2. The fourth-order valence-corrected chi connectivity index (χ4v) is 0.953. The number of hydrogen-bond donors (Lipinski definition) is 3. The zero-order chi connectivity index (χ0) is 9.84. The molecule has 1 aromatic rings. The molecule has 1 rings (SSSR count). The number of carboxylic acid groups (broad SMARTS) is 1. The van der Waals surface area contributed by atoms with Crippen molar-refractivity contribution in [3.63, 3.8) is 0 Å². The SMILES string of the molecule is NN=C(C(=O)O)c1ccccc1N. The van der Waals surface area contributed by atoms with E-state index >= 15 is 0 Å². The minimum Gasteiger partial charge on any atom is -0.476 e. The first kappa shape index (κ1) is 9.05. The maximum Gasteiger partial charge on any atom is 0.357 e. The lowest BCUT2D eigenvalue weighted by Crippen LogP contribution is -2.17. The molecule has 5 N–H and O–H groups in total. The van der Waals surface area contributed by atoms with Gasteiger partial charge in [-0.2, -0.15) is 5.10 Å². The van der Waals surface area contributed by atoms with Crippen molar-refractivity contribution >= 4 is 17.4 Å². The van der Waals surface area contributed by atoms with Gasteiger partial charge >= 0.3 is 5.97 Å². The molecule has 0 spiro atoms. The monoisotopic (exact) mass is 179 g/mol. The molecule has 0 bridgehead atoms. The van der Waals surface area contributed by atoms with E-state index in [1.165, 1.54) is 0 Å². The van der Waals surface area contributed by atoms with Gasteiger partial charge in [0.05, 0.1) is 0 Å². The molecular weight excluding hydrogens is 170 g/mol. The Morgan fingerprint density at radius 2 is 2.00 bits per heavy atom. The predicted molar refractivity (Wildman–Crippen MR) is 49.2 cm³/mol. The minimum atomic E-state index is -1.19. The maximum atomic E-state index is 10.6. The number of carbonyl (C=O) groups is 1. The molecule has 0 aliphatic rings. The Hall–Kier alpha value is -2.04. The third kappa shape index (κ3) is 1.76. The zero-order valence-corrected chi connectivity index (χ0v) is 6.77. The van der Waals surface area contributed by atoms with Gasteiger partial charge in [-0.25, -0.2) is 4.79 Å². The molecule has 0 amide bonds. The van der Waals surface area contributed by atoms with E-state index in [2.05, 4.69) is 5.10 Å². The first-order valence-corrected chi connectivity index (χ1v) is 3.53. The Kier molecular flexibility index (Phi) is 2.49. The second-order valence-corrected chi connectivity index (χ2v) is 2.37. The first-order chi connectivity index (χ1) is 6.16. The topological polar surface area (TPSA) is 102 Å². The molecule has 68 valence electrons. The molecule has 0 unspecified atom stereocenters. The van der Waals surface area contributed by atoms with Crippen molar-refractivity contribution in [3.8, 4) is 0 Å². The predicted octanol–water partition coefficient (Wildman–Crippen LogP) is 0.0162. The second kappa shape index (κ2) is 3.57. The average molecular weight is 179 g/mol. The van der Waals surface area contributed by atoms with Gasteiger partial charge in [0.2, 0.25) is 0 Å². The Labute approximate surface area is 74.7 Å². The molecule has 0 radical (unpaired) electrons. The van der Waals surface area contributed by atoms with E-state index in [4.69, 9.17) is 16.7 Å². The summed E-state index contributed by atoms with van der Waals surface area (Å²) in [6.07, 6.45) is 0. The van der Waals surface area contributed by atoms with Gasteiger partial charge in [-0.1, -0.05) is 18.2 Å². The van der Waals surface area contributed by atoms with E-state index in [-0.39, 0.29) is 5.71 Å². The lowest BCUT2D eigenvalue weighted by molar-refractivity contribution is -0.129. The van der Waals surface area contributed by atoms with Gasteiger partial charge in [0.25, 0.3) is 0 Å². The van der Waals surface area contributed by atoms with Gasteiger partial charge in [-0.15, -0.1) is 0 Å². The van der Waals surface area contributed by atoms with E-state index in [0.717, 1.165) is 0 Å². The van der Waals surface area contributed by atoms with E-state index < -0.39 is 5.97 Å². The molecule has 0 atom stereocenters. The molecule has 13 heavy (non-hydrogen) atoms. The van der Waals surface area contributed by atoms with Crippen LogP contribution in [0.3, 0.4) is 0 Å². The van der Waals surface area contributed by atoms with Crippen molar-refractivity contribution < 1.29 is 9.90 Å². The van der Waals surface area contributed by atoms with Crippen LogP contribution in [0.4, 0.5) is 5.69 Å². The van der Waals surface area contributed by atoms with Crippen LogP contribution >= 0.6 is 0 Å². The molecule has 5 nitrogen and oxygen atoms in total. The Morgan fingerprint density at radius 3 is 2.46 bits per heavy atom. The summed E-state index contributed by atoms with van der Waals surface area (Å²) in [5.74, 6) is 3.73. The number of nitrogen functional groups attached to an aromatic ring is 1. The summed E-state index contributed by atoms with van der Waals surface area (Å²) in [5, 5.41) is 11.8. The van der Waals surface area contributed by atoms with Crippen molar-refractivity contribution in [2.75, 3.05) is 5.73 Å². The Balaban J connectivity index is 3.21. The average Bonchev–Trinajstić information content (AvgIpc) is 2.09. The quantitative estimate of drug-likeness (QED) is 0.257. The van der Waals surface area contributed by atoms with Gasteiger partial charge in [0.1, 0.15) is 0 Å². The number of carboxylic acids is 1. The van der Waals surface area contributed by atoms with Crippen LogP contribution in [0.5, 0.6) is 0 Å². The molecule has 0 aromatic heterocycles. The Bertz CT molecular complexity index is 360. The summed E-state index contributed by atoms with van der Waals surface area (Å²) >= 11 is 0. The highest BCUT2D eigenvalue weighted by Crippen LogP contribution is 2.11. The molecular formula is C8H9N3O2. The first-order valence-electron chi connectivity index (χ1n) is 3.53. The summed E-state index contributed by atoms with van der Waals surface area (Å²) in [6, 6.07) is 6.51. The Morgan fingerprint density at radius 1 is 1.38 bits per heavy atom. The largest absolute Gasteiger partial charge is 0.476 e. The lowest BCUT2D eigenvalue weighted by atomic mass is 10.1. The van der Waals surface area contributed by atoms with Gasteiger partial charge in [-0.05, 0) is 6.07 Å². The van der Waals surface area contributed by atoms with E-state index in [9.17, 15) is 4.79 Å². The van der Waals surface area contributed by atoms with E-state index in [0.29, 0.717) is 11.3 Å².